The van der Waals surface area contributed by atoms with Crippen molar-refractivity contribution >= 4 is 29.1 Å². The van der Waals surface area contributed by atoms with Gasteiger partial charge in [0.05, 0.1) is 16.5 Å². The first kappa shape index (κ1) is 18.8. The standard InChI is InChI=1S/C19H14N2O7/c22-14(23)10-20-16(11-4-2-1-3-5-11)15(18(25)19(20)26)17(24)12-6-8-13(9-7-12)21(27)28/h1-9,16,24H,10H2,(H,22,23)/t16-/m0/s1. The highest BCUT2D eigenvalue weighted by molar-refractivity contribution is 6.46. The predicted octanol–water partition coefficient (Wildman–Crippen LogP) is 2.10. The highest BCUT2D eigenvalue weighted by Gasteiger charge is 2.46. The molecule has 1 aliphatic rings. The van der Waals surface area contributed by atoms with Gasteiger partial charge in [-0.3, -0.25) is 24.5 Å². The zero-order chi connectivity index (χ0) is 20.4. The summed E-state index contributed by atoms with van der Waals surface area (Å²) in [6, 6.07) is 11.9. The molecule has 1 atom stereocenters. The van der Waals surface area contributed by atoms with Crippen LogP contribution in [0.15, 0.2) is 60.2 Å². The second-order valence-electron chi connectivity index (χ2n) is 6.04. The number of benzene rings is 2. The SMILES string of the molecule is O=C(O)CN1C(=O)C(=O)C(=C(O)c2ccc([N+](=O)[O-])cc2)[C@@H]1c1ccccc1. The van der Waals surface area contributed by atoms with E-state index < -0.39 is 40.9 Å². The number of carboxylic acid groups (broad SMARTS) is 1. The van der Waals surface area contributed by atoms with Crippen molar-refractivity contribution in [2.75, 3.05) is 6.54 Å². The third kappa shape index (κ3) is 3.32. The molecule has 2 N–H and O–H groups in total. The zero-order valence-electron chi connectivity index (χ0n) is 14.3. The van der Waals surface area contributed by atoms with Gasteiger partial charge in [-0.1, -0.05) is 30.3 Å². The van der Waals surface area contributed by atoms with Crippen molar-refractivity contribution in [1.82, 2.24) is 4.90 Å². The van der Waals surface area contributed by atoms with Crippen molar-refractivity contribution < 1.29 is 29.5 Å². The van der Waals surface area contributed by atoms with Crippen molar-refractivity contribution in [2.24, 2.45) is 0 Å². The van der Waals surface area contributed by atoms with Crippen LogP contribution in [0.4, 0.5) is 5.69 Å². The topological polar surface area (TPSA) is 138 Å². The molecule has 3 rings (SSSR count). The Morgan fingerprint density at radius 2 is 1.64 bits per heavy atom. The fourth-order valence-corrected chi connectivity index (χ4v) is 3.07. The third-order valence-electron chi connectivity index (χ3n) is 4.31. The molecule has 0 aliphatic carbocycles. The van der Waals surface area contributed by atoms with E-state index in [0.29, 0.717) is 5.56 Å². The maximum atomic E-state index is 12.6. The van der Waals surface area contributed by atoms with Crippen LogP contribution in [-0.4, -0.2) is 44.2 Å². The Morgan fingerprint density at radius 3 is 2.18 bits per heavy atom. The number of carbonyl (C=O) groups excluding carboxylic acids is 2. The minimum Gasteiger partial charge on any atom is -0.507 e. The summed E-state index contributed by atoms with van der Waals surface area (Å²) in [6.45, 7) is -0.721. The molecule has 28 heavy (non-hydrogen) atoms. The van der Waals surface area contributed by atoms with Gasteiger partial charge in [0.15, 0.2) is 0 Å². The normalized spacial score (nSPS) is 18.3. The summed E-state index contributed by atoms with van der Waals surface area (Å²) in [6.07, 6.45) is 0. The van der Waals surface area contributed by atoms with Gasteiger partial charge in [0, 0.05) is 17.7 Å². The lowest BCUT2D eigenvalue weighted by Crippen LogP contribution is -2.34. The molecule has 0 aromatic heterocycles. The second-order valence-corrected chi connectivity index (χ2v) is 6.04. The van der Waals surface area contributed by atoms with Gasteiger partial charge in [0.1, 0.15) is 12.3 Å². The number of hydrogen-bond donors (Lipinski definition) is 2. The summed E-state index contributed by atoms with van der Waals surface area (Å²) in [7, 11) is 0. The molecule has 2 aromatic carbocycles. The van der Waals surface area contributed by atoms with Gasteiger partial charge in [0.25, 0.3) is 17.4 Å². The number of aliphatic hydroxyl groups excluding tert-OH is 1. The van der Waals surface area contributed by atoms with Crippen LogP contribution < -0.4 is 0 Å². The number of hydrogen-bond acceptors (Lipinski definition) is 6. The first-order valence-corrected chi connectivity index (χ1v) is 8.11. The Morgan fingerprint density at radius 1 is 1.04 bits per heavy atom. The van der Waals surface area contributed by atoms with Gasteiger partial charge in [-0.25, -0.2) is 0 Å². The Bertz CT molecular complexity index is 997. The first-order chi connectivity index (χ1) is 13.3. The number of ketones is 1. The number of aliphatic hydroxyl groups is 1. The molecule has 2 aromatic rings. The summed E-state index contributed by atoms with van der Waals surface area (Å²) in [5.41, 5.74) is 0.0695. The molecule has 1 fully saturated rings. The van der Waals surface area contributed by atoms with Gasteiger partial charge >= 0.3 is 5.97 Å². The van der Waals surface area contributed by atoms with Crippen LogP contribution in [0.1, 0.15) is 17.2 Å². The average Bonchev–Trinajstić information content (AvgIpc) is 2.92. The number of nitrogens with zero attached hydrogens (tertiary/aromatic N) is 2. The molecular weight excluding hydrogens is 368 g/mol. The van der Waals surface area contributed by atoms with E-state index in [-0.39, 0.29) is 16.8 Å². The van der Waals surface area contributed by atoms with E-state index in [2.05, 4.69) is 0 Å². The molecule has 1 aliphatic heterocycles. The average molecular weight is 382 g/mol. The highest BCUT2D eigenvalue weighted by atomic mass is 16.6. The number of aliphatic carboxylic acids is 1. The van der Waals surface area contributed by atoms with Gasteiger partial charge in [0.2, 0.25) is 0 Å². The van der Waals surface area contributed by atoms with E-state index >= 15 is 0 Å². The number of Topliss-reactive ketones (excluding diaryl/α,β-unsaturated/α-hetero) is 1. The summed E-state index contributed by atoms with van der Waals surface area (Å²) in [4.78, 5) is 47.2. The van der Waals surface area contributed by atoms with E-state index in [0.717, 1.165) is 17.0 Å². The number of rotatable bonds is 5. The summed E-state index contributed by atoms with van der Waals surface area (Å²) < 4.78 is 0. The molecule has 9 heteroatoms. The van der Waals surface area contributed by atoms with Crippen LogP contribution >= 0.6 is 0 Å². The summed E-state index contributed by atoms with van der Waals surface area (Å²) >= 11 is 0. The fraction of sp³-hybridized carbons (Fsp3) is 0.105. The van der Waals surface area contributed by atoms with Crippen LogP contribution in [0, 0.1) is 10.1 Å². The number of non-ortho nitro benzene ring substituents is 1. The van der Waals surface area contributed by atoms with E-state index in [4.69, 9.17) is 5.11 Å². The molecule has 0 unspecified atom stereocenters. The lowest BCUT2D eigenvalue weighted by molar-refractivity contribution is -0.384. The minimum atomic E-state index is -1.31. The van der Waals surface area contributed by atoms with Crippen molar-refractivity contribution in [3.05, 3.63) is 81.4 Å². The lowest BCUT2D eigenvalue weighted by atomic mass is 9.95. The molecule has 9 nitrogen and oxygen atoms in total. The number of nitro benzene ring substituents is 1. The Labute approximate surface area is 158 Å². The van der Waals surface area contributed by atoms with E-state index in [1.165, 1.54) is 12.1 Å². The van der Waals surface area contributed by atoms with Gasteiger partial charge in [-0.05, 0) is 17.7 Å². The molecular formula is C19H14N2O7. The summed E-state index contributed by atoms with van der Waals surface area (Å²) in [5.74, 6) is -3.90. The second kappa shape index (κ2) is 7.31. The number of carboxylic acids is 1. The molecule has 0 radical (unpaired) electrons. The highest BCUT2D eigenvalue weighted by Crippen LogP contribution is 2.39. The van der Waals surface area contributed by atoms with Gasteiger partial charge < -0.3 is 15.1 Å². The molecule has 142 valence electrons. The van der Waals surface area contributed by atoms with Crippen LogP contribution in [-0.2, 0) is 14.4 Å². The Balaban J connectivity index is 2.16. The van der Waals surface area contributed by atoms with Gasteiger partial charge in [-0.15, -0.1) is 0 Å². The number of carbonyl (C=O) groups is 3. The maximum Gasteiger partial charge on any atom is 0.323 e. The van der Waals surface area contributed by atoms with E-state index in [1.807, 2.05) is 0 Å². The van der Waals surface area contributed by atoms with Crippen molar-refractivity contribution in [3.63, 3.8) is 0 Å². The third-order valence-corrected chi connectivity index (χ3v) is 4.31. The number of amides is 1. The van der Waals surface area contributed by atoms with Crippen LogP contribution in [0.3, 0.4) is 0 Å². The van der Waals surface area contributed by atoms with Crippen LogP contribution in [0.25, 0.3) is 5.76 Å². The quantitative estimate of drug-likeness (QED) is 0.265. The van der Waals surface area contributed by atoms with Gasteiger partial charge in [-0.2, -0.15) is 0 Å². The number of likely N-dealkylation sites (tertiary alicyclic amines) is 1. The molecule has 1 saturated heterocycles. The lowest BCUT2D eigenvalue weighted by Gasteiger charge is -2.23. The van der Waals surface area contributed by atoms with Crippen molar-refractivity contribution in [2.45, 2.75) is 6.04 Å². The van der Waals surface area contributed by atoms with Crippen molar-refractivity contribution in [1.29, 1.82) is 0 Å². The van der Waals surface area contributed by atoms with Crippen LogP contribution in [0.2, 0.25) is 0 Å². The molecule has 0 saturated carbocycles. The molecule has 1 heterocycles. The van der Waals surface area contributed by atoms with E-state index in [1.54, 1.807) is 30.3 Å². The van der Waals surface area contributed by atoms with E-state index in [9.17, 15) is 29.6 Å². The Hall–Kier alpha value is -4.01. The molecule has 0 bridgehead atoms. The zero-order valence-corrected chi connectivity index (χ0v) is 14.3. The monoisotopic (exact) mass is 382 g/mol. The predicted molar refractivity (Wildman–Crippen MR) is 96.2 cm³/mol. The number of nitro groups is 1. The largest absolute Gasteiger partial charge is 0.507 e. The maximum absolute atomic E-state index is 12.6. The molecule has 1 amide bonds. The van der Waals surface area contributed by atoms with Crippen molar-refractivity contribution in [3.8, 4) is 0 Å². The van der Waals surface area contributed by atoms with Crippen LogP contribution in [0.5, 0.6) is 0 Å². The first-order valence-electron chi connectivity index (χ1n) is 8.11. The molecule has 0 spiro atoms. The Kier molecular flexibility index (Phi) is 4.90. The summed E-state index contributed by atoms with van der Waals surface area (Å²) in [5, 5.41) is 30.6. The smallest absolute Gasteiger partial charge is 0.323 e. The minimum absolute atomic E-state index is 0.0971. The fourth-order valence-electron chi connectivity index (χ4n) is 3.07.